The molecule has 0 bridgehead atoms. The molecular weight excluding hydrogens is 224 g/mol. The third kappa shape index (κ3) is 1.87. The Kier molecular flexibility index (Phi) is 2.99. The van der Waals surface area contributed by atoms with Gasteiger partial charge in [0.1, 0.15) is 11.4 Å². The maximum atomic E-state index is 5.41. The number of nitrogens with one attached hydrogen (secondary N) is 1. The van der Waals surface area contributed by atoms with Crippen molar-refractivity contribution in [3.63, 3.8) is 0 Å². The summed E-state index contributed by atoms with van der Waals surface area (Å²) in [6.07, 6.45) is 2.89. The van der Waals surface area contributed by atoms with Crippen LogP contribution in [-0.2, 0) is 6.42 Å². The maximum absolute atomic E-state index is 5.41. The Bertz CT molecular complexity index is 554. The summed E-state index contributed by atoms with van der Waals surface area (Å²) >= 11 is 0. The minimum Gasteiger partial charge on any atom is -0.495 e. The van der Waals surface area contributed by atoms with E-state index in [2.05, 4.69) is 34.6 Å². The average molecular weight is 240 g/mol. The van der Waals surface area contributed by atoms with E-state index >= 15 is 0 Å². The summed E-state index contributed by atoms with van der Waals surface area (Å²) in [4.78, 5) is 4.48. The number of benzene rings is 1. The van der Waals surface area contributed by atoms with Crippen LogP contribution in [0.15, 0.2) is 42.6 Å². The molecule has 92 valence electrons. The van der Waals surface area contributed by atoms with E-state index in [1.54, 1.807) is 7.11 Å². The number of methoxy groups -OCH3 is 1. The summed E-state index contributed by atoms with van der Waals surface area (Å²) in [5.41, 5.74) is 3.67. The summed E-state index contributed by atoms with van der Waals surface area (Å²) < 4.78 is 5.41. The van der Waals surface area contributed by atoms with Crippen LogP contribution in [0.5, 0.6) is 5.75 Å². The zero-order valence-electron chi connectivity index (χ0n) is 10.4. The van der Waals surface area contributed by atoms with Gasteiger partial charge in [-0.2, -0.15) is 0 Å². The Labute approximate surface area is 107 Å². The molecule has 18 heavy (non-hydrogen) atoms. The standard InChI is InChI=1S/C15H16N2O/c1-18-13-7-4-9-16-15(13)14-12-6-3-2-5-11(12)8-10-17-14/h2-7,9,14,17H,8,10H2,1H3. The Hall–Kier alpha value is -1.87. The van der Waals surface area contributed by atoms with Gasteiger partial charge in [0.15, 0.2) is 0 Å². The largest absolute Gasteiger partial charge is 0.495 e. The van der Waals surface area contributed by atoms with E-state index in [1.807, 2.05) is 18.3 Å². The van der Waals surface area contributed by atoms with Crippen LogP contribution in [0, 0.1) is 0 Å². The molecule has 1 aliphatic heterocycles. The van der Waals surface area contributed by atoms with Crippen molar-refractivity contribution >= 4 is 0 Å². The Balaban J connectivity index is 2.08. The zero-order chi connectivity index (χ0) is 12.4. The minimum atomic E-state index is 0.131. The SMILES string of the molecule is COc1cccnc1C1NCCc2ccccc21. The second-order valence-electron chi connectivity index (χ2n) is 4.43. The van der Waals surface area contributed by atoms with Gasteiger partial charge in [0.25, 0.3) is 0 Å². The molecular formula is C15H16N2O. The van der Waals surface area contributed by atoms with Crippen molar-refractivity contribution in [2.75, 3.05) is 13.7 Å². The molecule has 0 saturated carbocycles. The van der Waals surface area contributed by atoms with Crippen molar-refractivity contribution in [2.45, 2.75) is 12.5 Å². The summed E-state index contributed by atoms with van der Waals surface area (Å²) in [7, 11) is 1.69. The number of nitrogens with zero attached hydrogens (tertiary/aromatic N) is 1. The van der Waals surface area contributed by atoms with E-state index in [0.717, 1.165) is 24.4 Å². The lowest BCUT2D eigenvalue weighted by Crippen LogP contribution is -2.31. The van der Waals surface area contributed by atoms with Crippen LogP contribution in [-0.4, -0.2) is 18.6 Å². The van der Waals surface area contributed by atoms with Gasteiger partial charge in [0.2, 0.25) is 0 Å². The van der Waals surface area contributed by atoms with Crippen molar-refractivity contribution in [3.8, 4) is 5.75 Å². The van der Waals surface area contributed by atoms with E-state index in [9.17, 15) is 0 Å². The highest BCUT2D eigenvalue weighted by atomic mass is 16.5. The summed E-state index contributed by atoms with van der Waals surface area (Å²) in [6, 6.07) is 12.5. The molecule has 0 radical (unpaired) electrons. The second kappa shape index (κ2) is 4.78. The fourth-order valence-electron chi connectivity index (χ4n) is 2.54. The van der Waals surface area contributed by atoms with Crippen molar-refractivity contribution in [1.82, 2.24) is 10.3 Å². The number of ether oxygens (including phenoxy) is 1. The quantitative estimate of drug-likeness (QED) is 0.874. The van der Waals surface area contributed by atoms with Crippen molar-refractivity contribution < 1.29 is 4.74 Å². The highest BCUT2D eigenvalue weighted by molar-refractivity contribution is 5.42. The molecule has 0 amide bonds. The average Bonchev–Trinajstić information content (AvgIpc) is 2.46. The van der Waals surface area contributed by atoms with Gasteiger partial charge in [-0.3, -0.25) is 4.98 Å². The van der Waals surface area contributed by atoms with Gasteiger partial charge in [0, 0.05) is 12.7 Å². The predicted molar refractivity (Wildman–Crippen MR) is 70.8 cm³/mol. The van der Waals surface area contributed by atoms with Crippen molar-refractivity contribution in [1.29, 1.82) is 0 Å². The zero-order valence-corrected chi connectivity index (χ0v) is 10.4. The number of hydrogen-bond donors (Lipinski definition) is 1. The Morgan fingerprint density at radius 2 is 2.11 bits per heavy atom. The van der Waals surface area contributed by atoms with Crippen LogP contribution < -0.4 is 10.1 Å². The highest BCUT2D eigenvalue weighted by Gasteiger charge is 2.24. The Morgan fingerprint density at radius 1 is 1.22 bits per heavy atom. The number of hydrogen-bond acceptors (Lipinski definition) is 3. The topological polar surface area (TPSA) is 34.1 Å². The molecule has 1 aromatic carbocycles. The van der Waals surface area contributed by atoms with E-state index in [0.29, 0.717) is 0 Å². The van der Waals surface area contributed by atoms with Gasteiger partial charge in [-0.15, -0.1) is 0 Å². The molecule has 1 atom stereocenters. The van der Waals surface area contributed by atoms with Crippen LogP contribution in [0.25, 0.3) is 0 Å². The van der Waals surface area contributed by atoms with Crippen LogP contribution in [0.1, 0.15) is 22.9 Å². The van der Waals surface area contributed by atoms with E-state index in [-0.39, 0.29) is 6.04 Å². The van der Waals surface area contributed by atoms with Crippen molar-refractivity contribution in [2.24, 2.45) is 0 Å². The van der Waals surface area contributed by atoms with Crippen LogP contribution >= 0.6 is 0 Å². The minimum absolute atomic E-state index is 0.131. The molecule has 3 heteroatoms. The van der Waals surface area contributed by atoms with Crippen LogP contribution in [0.4, 0.5) is 0 Å². The highest BCUT2D eigenvalue weighted by Crippen LogP contribution is 2.31. The Morgan fingerprint density at radius 3 is 3.00 bits per heavy atom. The molecule has 0 spiro atoms. The summed E-state index contributed by atoms with van der Waals surface area (Å²) in [5, 5.41) is 3.52. The normalized spacial score (nSPS) is 18.2. The van der Waals surface area contributed by atoms with Crippen LogP contribution in [0.3, 0.4) is 0 Å². The molecule has 1 unspecified atom stereocenters. The van der Waals surface area contributed by atoms with Gasteiger partial charge >= 0.3 is 0 Å². The van der Waals surface area contributed by atoms with Gasteiger partial charge in [-0.05, 0) is 29.7 Å². The third-order valence-electron chi connectivity index (χ3n) is 3.40. The lowest BCUT2D eigenvalue weighted by atomic mass is 9.92. The first-order valence-electron chi connectivity index (χ1n) is 6.20. The van der Waals surface area contributed by atoms with E-state index in [1.165, 1.54) is 11.1 Å². The van der Waals surface area contributed by atoms with Gasteiger partial charge in [0.05, 0.1) is 13.2 Å². The molecule has 1 N–H and O–H groups in total. The number of pyridine rings is 1. The summed E-state index contributed by atoms with van der Waals surface area (Å²) in [6.45, 7) is 0.974. The molecule has 3 rings (SSSR count). The maximum Gasteiger partial charge on any atom is 0.142 e. The van der Waals surface area contributed by atoms with Gasteiger partial charge < -0.3 is 10.1 Å². The van der Waals surface area contributed by atoms with E-state index in [4.69, 9.17) is 4.74 Å². The molecule has 3 nitrogen and oxygen atoms in total. The smallest absolute Gasteiger partial charge is 0.142 e. The number of rotatable bonds is 2. The predicted octanol–water partition coefficient (Wildman–Crippen LogP) is 2.33. The first kappa shape index (κ1) is 11.2. The second-order valence-corrected chi connectivity index (χ2v) is 4.43. The fourth-order valence-corrected chi connectivity index (χ4v) is 2.54. The molecule has 0 saturated heterocycles. The first-order valence-corrected chi connectivity index (χ1v) is 6.20. The fraction of sp³-hybridized carbons (Fsp3) is 0.267. The van der Waals surface area contributed by atoms with E-state index < -0.39 is 0 Å². The molecule has 2 aromatic rings. The van der Waals surface area contributed by atoms with Gasteiger partial charge in [-0.1, -0.05) is 24.3 Å². The number of fused-ring (bicyclic) bond motifs is 1. The van der Waals surface area contributed by atoms with Gasteiger partial charge in [-0.25, -0.2) is 0 Å². The molecule has 0 aliphatic carbocycles. The lowest BCUT2D eigenvalue weighted by molar-refractivity contribution is 0.398. The summed E-state index contributed by atoms with van der Waals surface area (Å²) in [5.74, 6) is 0.840. The lowest BCUT2D eigenvalue weighted by Gasteiger charge is -2.27. The van der Waals surface area contributed by atoms with Crippen LogP contribution in [0.2, 0.25) is 0 Å². The molecule has 1 aliphatic rings. The molecule has 2 heterocycles. The van der Waals surface area contributed by atoms with Crippen molar-refractivity contribution in [3.05, 3.63) is 59.4 Å². The number of aromatic nitrogens is 1. The monoisotopic (exact) mass is 240 g/mol. The third-order valence-corrected chi connectivity index (χ3v) is 3.40. The molecule has 0 fully saturated rings. The first-order chi connectivity index (χ1) is 8.90. The molecule has 1 aromatic heterocycles.